The number of imidazole rings is 1. The molecule has 5 aromatic rings. The number of hydrogen-bond donors (Lipinski definition) is 3. The Morgan fingerprint density at radius 2 is 1.77 bits per heavy atom. The number of H-pyrrole nitrogens is 2. The Morgan fingerprint density at radius 3 is 2.51 bits per heavy atom. The summed E-state index contributed by atoms with van der Waals surface area (Å²) in [6.45, 7) is 0. The number of amides is 1. The van der Waals surface area contributed by atoms with Crippen LogP contribution in [0.25, 0.3) is 32.9 Å². The molecule has 0 aliphatic heterocycles. The zero-order valence-electron chi connectivity index (χ0n) is 18.9. The highest BCUT2D eigenvalue weighted by molar-refractivity contribution is 5.86. The summed E-state index contributed by atoms with van der Waals surface area (Å²) in [4.78, 5) is 30.4. The lowest BCUT2D eigenvalue weighted by Crippen LogP contribution is -2.16. The third-order valence-corrected chi connectivity index (χ3v) is 5.70. The normalized spacial score (nSPS) is 11.0. The highest BCUT2D eigenvalue weighted by Gasteiger charge is 2.17. The number of fused-ring (bicyclic) bond motifs is 2. The van der Waals surface area contributed by atoms with E-state index in [0.29, 0.717) is 40.0 Å². The molecule has 176 valence electrons. The smallest absolute Gasteiger partial charge is 0.412 e. The number of hydrogen-bond acceptors (Lipinski definition) is 7. The number of carbonyl (C=O) groups excluding carboxylic acids is 1. The van der Waals surface area contributed by atoms with E-state index < -0.39 is 6.09 Å². The lowest BCUT2D eigenvalue weighted by molar-refractivity contribution is 0.207. The number of nitrogens with two attached hydrogens (primary N) is 1. The van der Waals surface area contributed by atoms with Gasteiger partial charge in [-0.3, -0.25) is 4.79 Å². The van der Waals surface area contributed by atoms with E-state index in [1.807, 2.05) is 42.5 Å². The van der Waals surface area contributed by atoms with Gasteiger partial charge in [-0.1, -0.05) is 24.3 Å². The minimum atomic E-state index is -0.950. The number of rotatable bonds is 6. The van der Waals surface area contributed by atoms with Crippen LogP contribution in [0.15, 0.2) is 59.4 Å². The molecule has 0 saturated heterocycles. The van der Waals surface area contributed by atoms with Crippen molar-refractivity contribution >= 4 is 27.9 Å². The molecule has 2 aromatic heterocycles. The Balaban J connectivity index is 1.61. The van der Waals surface area contributed by atoms with Crippen LogP contribution in [-0.2, 0) is 6.42 Å². The average Bonchev–Trinajstić information content (AvgIpc) is 3.26. The molecule has 3 aromatic carbocycles. The van der Waals surface area contributed by atoms with Crippen molar-refractivity contribution in [2.75, 3.05) is 14.2 Å². The van der Waals surface area contributed by atoms with Crippen molar-refractivity contribution in [2.24, 2.45) is 5.73 Å². The predicted octanol–water partition coefficient (Wildman–Crippen LogP) is 3.53. The molecular formula is C25H21N5O5. The molecule has 0 spiro atoms. The third kappa shape index (κ3) is 4.12. The zero-order valence-corrected chi connectivity index (χ0v) is 18.9. The molecule has 0 atom stereocenters. The van der Waals surface area contributed by atoms with Crippen molar-refractivity contribution < 1.29 is 19.0 Å². The van der Waals surface area contributed by atoms with E-state index in [2.05, 4.69) is 20.2 Å². The van der Waals surface area contributed by atoms with E-state index in [1.165, 1.54) is 0 Å². The molecule has 0 bridgehead atoms. The number of aromatic nitrogens is 4. The van der Waals surface area contributed by atoms with Gasteiger partial charge >= 0.3 is 12.1 Å². The quantitative estimate of drug-likeness (QED) is 0.343. The Labute approximate surface area is 198 Å². The Bertz CT molecular complexity index is 1640. The molecule has 0 saturated carbocycles. The molecular weight excluding hydrogens is 450 g/mol. The van der Waals surface area contributed by atoms with Crippen LogP contribution in [0.1, 0.15) is 11.3 Å². The highest BCUT2D eigenvalue weighted by atomic mass is 16.6. The van der Waals surface area contributed by atoms with E-state index in [1.54, 1.807) is 26.4 Å². The first-order valence-corrected chi connectivity index (χ1v) is 10.7. The van der Waals surface area contributed by atoms with Crippen LogP contribution in [0.5, 0.6) is 17.5 Å². The van der Waals surface area contributed by atoms with Crippen molar-refractivity contribution in [3.05, 3.63) is 76.2 Å². The second kappa shape index (κ2) is 8.82. The topological polar surface area (TPSA) is 145 Å². The van der Waals surface area contributed by atoms with Crippen molar-refractivity contribution in [1.82, 2.24) is 20.2 Å². The van der Waals surface area contributed by atoms with Gasteiger partial charge < -0.3 is 24.9 Å². The fourth-order valence-corrected chi connectivity index (χ4v) is 4.11. The molecule has 0 aliphatic rings. The molecule has 10 nitrogen and oxygen atoms in total. The molecule has 5 rings (SSSR count). The van der Waals surface area contributed by atoms with Gasteiger partial charge in [0.2, 0.25) is 0 Å². The fraction of sp³-hybridized carbons (Fsp3) is 0.120. The van der Waals surface area contributed by atoms with Gasteiger partial charge in [0, 0.05) is 29.0 Å². The van der Waals surface area contributed by atoms with E-state index in [4.69, 9.17) is 19.9 Å². The summed E-state index contributed by atoms with van der Waals surface area (Å²) in [6.07, 6.45) is -0.533. The first kappa shape index (κ1) is 22.0. The lowest BCUT2D eigenvalue weighted by atomic mass is 9.97. The second-order valence-corrected chi connectivity index (χ2v) is 7.78. The van der Waals surface area contributed by atoms with E-state index >= 15 is 0 Å². The highest BCUT2D eigenvalue weighted by Crippen LogP contribution is 2.38. The standard InChI is InChI=1S/C25H21N5O5/c1-33-21-12-22(34-2)17(13-7-8-18-20(10-13)28-25(27-18)35-24(26)32)9-14(21)11-19-15-5-3-4-6-16(15)23(31)30-29-19/h3-10,12H,11H2,1-2H3,(H2,26,32)(H,27,28)(H,30,31). The largest absolute Gasteiger partial charge is 0.496 e. The summed E-state index contributed by atoms with van der Waals surface area (Å²) in [6, 6.07) is 16.7. The van der Waals surface area contributed by atoms with Gasteiger partial charge in [0.05, 0.1) is 36.3 Å². The number of benzene rings is 3. The Kier molecular flexibility index (Phi) is 5.54. The van der Waals surface area contributed by atoms with Gasteiger partial charge in [-0.25, -0.2) is 9.89 Å². The zero-order chi connectivity index (χ0) is 24.5. The van der Waals surface area contributed by atoms with Gasteiger partial charge in [0.15, 0.2) is 0 Å². The number of aromatic amines is 2. The van der Waals surface area contributed by atoms with Crippen LogP contribution in [0.4, 0.5) is 4.79 Å². The summed E-state index contributed by atoms with van der Waals surface area (Å²) < 4.78 is 16.1. The van der Waals surface area contributed by atoms with Crippen molar-refractivity contribution in [3.8, 4) is 28.6 Å². The fourth-order valence-electron chi connectivity index (χ4n) is 4.11. The van der Waals surface area contributed by atoms with Gasteiger partial charge in [-0.05, 0) is 29.8 Å². The van der Waals surface area contributed by atoms with Gasteiger partial charge in [0.25, 0.3) is 5.56 Å². The minimum Gasteiger partial charge on any atom is -0.496 e. The van der Waals surface area contributed by atoms with E-state index in [0.717, 1.165) is 22.1 Å². The molecule has 2 heterocycles. The summed E-state index contributed by atoms with van der Waals surface area (Å²) >= 11 is 0. The van der Waals surface area contributed by atoms with Crippen molar-refractivity contribution in [3.63, 3.8) is 0 Å². The number of nitrogens with zero attached hydrogens (tertiary/aromatic N) is 2. The van der Waals surface area contributed by atoms with Crippen molar-refractivity contribution in [2.45, 2.75) is 6.42 Å². The van der Waals surface area contributed by atoms with Crippen LogP contribution in [0, 0.1) is 0 Å². The SMILES string of the molecule is COc1cc(OC)c(-c2ccc3nc(OC(N)=O)[nH]c3c2)cc1Cc1n[nH]c(=O)c2ccccc12. The molecule has 10 heteroatoms. The minimum absolute atomic E-state index is 0.0167. The Hall–Kier alpha value is -4.86. The van der Waals surface area contributed by atoms with Gasteiger partial charge in [-0.15, -0.1) is 0 Å². The molecule has 0 unspecified atom stereocenters. The Morgan fingerprint density at radius 1 is 1.00 bits per heavy atom. The molecule has 0 aliphatic carbocycles. The number of primary amides is 1. The monoisotopic (exact) mass is 471 g/mol. The van der Waals surface area contributed by atoms with Crippen LogP contribution in [-0.4, -0.2) is 40.5 Å². The average molecular weight is 471 g/mol. The molecule has 0 fully saturated rings. The second-order valence-electron chi connectivity index (χ2n) is 7.78. The summed E-state index contributed by atoms with van der Waals surface area (Å²) in [7, 11) is 3.18. The van der Waals surface area contributed by atoms with Gasteiger partial charge in [-0.2, -0.15) is 10.1 Å². The first-order chi connectivity index (χ1) is 17.0. The number of carbonyl (C=O) groups is 1. The summed E-state index contributed by atoms with van der Waals surface area (Å²) in [5.41, 5.74) is 9.34. The predicted molar refractivity (Wildman–Crippen MR) is 130 cm³/mol. The summed E-state index contributed by atoms with van der Waals surface area (Å²) in [5.74, 6) is 1.24. The van der Waals surface area contributed by atoms with Crippen molar-refractivity contribution in [1.29, 1.82) is 0 Å². The molecule has 4 N–H and O–H groups in total. The van der Waals surface area contributed by atoms with Gasteiger partial charge in [0.1, 0.15) is 11.5 Å². The summed E-state index contributed by atoms with van der Waals surface area (Å²) in [5, 5.41) is 8.23. The van der Waals surface area contributed by atoms with Crippen LogP contribution >= 0.6 is 0 Å². The van der Waals surface area contributed by atoms with Crippen LogP contribution in [0.3, 0.4) is 0 Å². The molecule has 0 radical (unpaired) electrons. The number of methoxy groups -OCH3 is 2. The first-order valence-electron chi connectivity index (χ1n) is 10.7. The number of nitrogens with one attached hydrogen (secondary N) is 2. The maximum atomic E-state index is 12.2. The molecule has 1 amide bonds. The van der Waals surface area contributed by atoms with Crippen LogP contribution in [0.2, 0.25) is 0 Å². The lowest BCUT2D eigenvalue weighted by Gasteiger charge is -2.15. The third-order valence-electron chi connectivity index (χ3n) is 5.70. The number of ether oxygens (including phenoxy) is 3. The maximum absolute atomic E-state index is 12.2. The van der Waals surface area contributed by atoms with Crippen LogP contribution < -0.4 is 25.5 Å². The maximum Gasteiger partial charge on any atom is 0.412 e. The van der Waals surface area contributed by atoms with E-state index in [-0.39, 0.29) is 11.6 Å². The van der Waals surface area contributed by atoms with E-state index in [9.17, 15) is 9.59 Å². The molecule has 35 heavy (non-hydrogen) atoms.